The molecule has 0 unspecified atom stereocenters. The molecule has 0 radical (unpaired) electrons. The molecular formula is C21H18N2O. The zero-order valence-corrected chi connectivity index (χ0v) is 13.8. The minimum absolute atomic E-state index is 0.00829. The smallest absolute Gasteiger partial charge is 0.264 e. The summed E-state index contributed by atoms with van der Waals surface area (Å²) in [6.07, 6.45) is 8.90. The van der Waals surface area contributed by atoms with Gasteiger partial charge in [0.15, 0.2) is 0 Å². The van der Waals surface area contributed by atoms with Crippen LogP contribution in [-0.2, 0) is 0 Å². The number of hydrogen-bond acceptors (Lipinski definition) is 2. The van der Waals surface area contributed by atoms with Crippen molar-refractivity contribution in [3.05, 3.63) is 70.3 Å². The van der Waals surface area contributed by atoms with Gasteiger partial charge in [0.05, 0.1) is 11.4 Å². The molecule has 3 heteroatoms. The van der Waals surface area contributed by atoms with Crippen molar-refractivity contribution in [2.45, 2.75) is 20.3 Å². The molecule has 0 N–H and O–H groups in total. The third kappa shape index (κ3) is 1.98. The minimum Gasteiger partial charge on any atom is -0.268 e. The molecule has 0 aliphatic heterocycles. The molecule has 0 bridgehead atoms. The summed E-state index contributed by atoms with van der Waals surface area (Å²) in [5, 5.41) is 3.83. The largest absolute Gasteiger partial charge is 0.268 e. The van der Waals surface area contributed by atoms with Crippen LogP contribution in [0, 0.1) is 0 Å². The van der Waals surface area contributed by atoms with E-state index in [-0.39, 0.29) is 5.56 Å². The Morgan fingerprint density at radius 2 is 1.83 bits per heavy atom. The van der Waals surface area contributed by atoms with Crippen LogP contribution in [0.25, 0.3) is 39.3 Å². The zero-order chi connectivity index (χ0) is 16.7. The lowest BCUT2D eigenvalue weighted by Crippen LogP contribution is -2.14. The second-order valence-electron chi connectivity index (χ2n) is 5.87. The maximum Gasteiger partial charge on any atom is 0.264 e. The van der Waals surface area contributed by atoms with E-state index in [2.05, 4.69) is 13.0 Å². The maximum absolute atomic E-state index is 13.1. The van der Waals surface area contributed by atoms with Gasteiger partial charge in [-0.1, -0.05) is 49.4 Å². The van der Waals surface area contributed by atoms with Gasteiger partial charge < -0.3 is 0 Å². The fraction of sp³-hybridized carbons (Fsp3) is 0.143. The number of hydrogen-bond donors (Lipinski definition) is 0. The highest BCUT2D eigenvalue weighted by Gasteiger charge is 2.17. The van der Waals surface area contributed by atoms with Crippen molar-refractivity contribution in [2.75, 3.05) is 0 Å². The zero-order valence-electron chi connectivity index (χ0n) is 13.8. The molecule has 0 fully saturated rings. The average Bonchev–Trinajstić information content (AvgIpc) is 2.97. The van der Waals surface area contributed by atoms with Gasteiger partial charge in [-0.05, 0) is 36.9 Å². The van der Waals surface area contributed by atoms with Crippen LogP contribution in [0.15, 0.2) is 53.3 Å². The van der Waals surface area contributed by atoms with Gasteiger partial charge in [0.25, 0.3) is 5.56 Å². The highest BCUT2D eigenvalue weighted by atomic mass is 16.1. The molecule has 0 atom stereocenters. The van der Waals surface area contributed by atoms with Gasteiger partial charge >= 0.3 is 0 Å². The first-order chi connectivity index (χ1) is 11.8. The number of benzene rings is 2. The monoisotopic (exact) mass is 314 g/mol. The van der Waals surface area contributed by atoms with Gasteiger partial charge in [-0.2, -0.15) is 0 Å². The summed E-state index contributed by atoms with van der Waals surface area (Å²) in [7, 11) is 0. The molecule has 24 heavy (non-hydrogen) atoms. The van der Waals surface area contributed by atoms with E-state index in [0.717, 1.165) is 45.0 Å². The van der Waals surface area contributed by atoms with Crippen LogP contribution in [0.2, 0.25) is 0 Å². The lowest BCUT2D eigenvalue weighted by atomic mass is 10.0. The van der Waals surface area contributed by atoms with E-state index in [1.807, 2.05) is 61.5 Å². The summed E-state index contributed by atoms with van der Waals surface area (Å²) in [5.41, 5.74) is 2.40. The van der Waals surface area contributed by atoms with Crippen LogP contribution in [-0.4, -0.2) is 9.38 Å². The van der Waals surface area contributed by atoms with Crippen molar-refractivity contribution in [2.24, 2.45) is 0 Å². The minimum atomic E-state index is -0.00829. The Balaban J connectivity index is 2.28. The van der Waals surface area contributed by atoms with E-state index in [4.69, 9.17) is 4.98 Å². The van der Waals surface area contributed by atoms with Crippen LogP contribution in [0.5, 0.6) is 0 Å². The average molecular weight is 314 g/mol. The molecule has 0 saturated carbocycles. The summed E-state index contributed by atoms with van der Waals surface area (Å²) < 4.78 is 1.74. The van der Waals surface area contributed by atoms with Crippen molar-refractivity contribution < 1.29 is 0 Å². The lowest BCUT2D eigenvalue weighted by Gasteiger charge is -2.07. The molecule has 2 aromatic carbocycles. The fourth-order valence-electron chi connectivity index (χ4n) is 3.33. The highest BCUT2D eigenvalue weighted by molar-refractivity contribution is 6.14. The third-order valence-corrected chi connectivity index (χ3v) is 4.36. The highest BCUT2D eigenvalue weighted by Crippen LogP contribution is 2.29. The molecule has 4 aromatic rings. The first-order valence-corrected chi connectivity index (χ1v) is 8.25. The van der Waals surface area contributed by atoms with Crippen LogP contribution in [0.1, 0.15) is 31.7 Å². The molecule has 0 aliphatic carbocycles. The number of fused-ring (bicyclic) bond motifs is 2. The molecule has 118 valence electrons. The molecular weight excluding hydrogens is 296 g/mol. The van der Waals surface area contributed by atoms with Crippen molar-refractivity contribution >= 4 is 39.3 Å². The summed E-state index contributed by atoms with van der Waals surface area (Å²) >= 11 is 0. The van der Waals surface area contributed by atoms with Gasteiger partial charge in [-0.25, -0.2) is 4.98 Å². The predicted octanol–water partition coefficient (Wildman–Crippen LogP) is 4.90. The van der Waals surface area contributed by atoms with Gasteiger partial charge in [-0.15, -0.1) is 0 Å². The molecule has 0 aliphatic rings. The first-order valence-electron chi connectivity index (χ1n) is 8.25. The normalized spacial score (nSPS) is 12.6. The van der Waals surface area contributed by atoms with Gasteiger partial charge in [0.2, 0.25) is 0 Å². The van der Waals surface area contributed by atoms with E-state index < -0.39 is 0 Å². The number of aromatic nitrogens is 2. The van der Waals surface area contributed by atoms with Crippen molar-refractivity contribution in [1.82, 2.24) is 9.38 Å². The molecule has 2 aromatic heterocycles. The van der Waals surface area contributed by atoms with Gasteiger partial charge in [0, 0.05) is 16.2 Å². The predicted molar refractivity (Wildman–Crippen MR) is 102 cm³/mol. The van der Waals surface area contributed by atoms with Crippen LogP contribution in [0.4, 0.5) is 0 Å². The Morgan fingerprint density at radius 3 is 2.54 bits per heavy atom. The Labute approximate surface area is 139 Å². The summed E-state index contributed by atoms with van der Waals surface area (Å²) in [5.74, 6) is 0. The van der Waals surface area contributed by atoms with E-state index in [1.54, 1.807) is 4.40 Å². The molecule has 2 heterocycles. The second kappa shape index (κ2) is 5.60. The number of allylic oxidation sites excluding steroid dienone is 2. The Morgan fingerprint density at radius 1 is 1.08 bits per heavy atom. The van der Waals surface area contributed by atoms with E-state index in [9.17, 15) is 4.79 Å². The van der Waals surface area contributed by atoms with Crippen molar-refractivity contribution in [3.8, 4) is 0 Å². The summed E-state index contributed by atoms with van der Waals surface area (Å²) in [4.78, 5) is 17.9. The molecule has 0 amide bonds. The van der Waals surface area contributed by atoms with E-state index in [0.29, 0.717) is 0 Å². The summed E-state index contributed by atoms with van der Waals surface area (Å²) in [6, 6.07) is 12.0. The number of imidazole rings is 1. The first kappa shape index (κ1) is 14.6. The number of pyridine rings is 1. The second-order valence-corrected chi connectivity index (χ2v) is 5.87. The quantitative estimate of drug-likeness (QED) is 0.539. The molecule has 0 spiro atoms. The molecule has 4 rings (SSSR count). The topological polar surface area (TPSA) is 34.4 Å². The standard InChI is InChI=1S/C21H18N2O/c1-3-5-13-17-18(8-4-2)23-20(22-17)15-11-6-9-14-10-7-12-16(19(14)15)21(23)24/h4-13H,3H2,1-2H3/b8-4-,13-5-. The Kier molecular flexibility index (Phi) is 3.42. The third-order valence-electron chi connectivity index (χ3n) is 4.36. The number of rotatable bonds is 3. The van der Waals surface area contributed by atoms with E-state index in [1.165, 1.54) is 0 Å². The van der Waals surface area contributed by atoms with Crippen LogP contribution < -0.4 is 5.56 Å². The van der Waals surface area contributed by atoms with Crippen LogP contribution >= 0.6 is 0 Å². The summed E-state index contributed by atoms with van der Waals surface area (Å²) in [6.45, 7) is 4.04. The lowest BCUT2D eigenvalue weighted by molar-refractivity contribution is 1.13. The van der Waals surface area contributed by atoms with Crippen molar-refractivity contribution in [1.29, 1.82) is 0 Å². The van der Waals surface area contributed by atoms with E-state index >= 15 is 0 Å². The van der Waals surface area contributed by atoms with Gasteiger partial charge in [0.1, 0.15) is 5.65 Å². The SMILES string of the molecule is C/C=C\c1c(/C=C\CC)nc2c3cccc4cccc(c(=O)n12)c43. The number of nitrogens with zero attached hydrogens (tertiary/aromatic N) is 2. The molecule has 0 saturated heterocycles. The Hall–Kier alpha value is -2.94. The Bertz CT molecular complexity index is 1160. The van der Waals surface area contributed by atoms with Crippen LogP contribution in [0.3, 0.4) is 0 Å². The molecule has 3 nitrogen and oxygen atoms in total. The van der Waals surface area contributed by atoms with Gasteiger partial charge in [-0.3, -0.25) is 9.20 Å². The fourth-order valence-corrected chi connectivity index (χ4v) is 3.33. The van der Waals surface area contributed by atoms with Crippen molar-refractivity contribution in [3.63, 3.8) is 0 Å². The maximum atomic E-state index is 13.1.